The van der Waals surface area contributed by atoms with Gasteiger partial charge >= 0.3 is 6.09 Å². The maximum atomic E-state index is 15.2. The van der Waals surface area contributed by atoms with Crippen LogP contribution >= 0.6 is 0 Å². The van der Waals surface area contributed by atoms with Crippen molar-refractivity contribution in [1.29, 1.82) is 5.26 Å². The molecular formula is C31H33FN4O4. The number of benzene rings is 2. The topological polar surface area (TPSA) is 103 Å². The average molecular weight is 545 g/mol. The normalized spacial score (nSPS) is 26.7. The number of fused-ring (bicyclic) bond motifs is 6. The van der Waals surface area contributed by atoms with Crippen LogP contribution in [0.25, 0.3) is 11.1 Å². The monoisotopic (exact) mass is 544 g/mol. The Bertz CT molecular complexity index is 1460. The van der Waals surface area contributed by atoms with Crippen molar-refractivity contribution in [2.24, 2.45) is 17.8 Å². The molecule has 2 aromatic carbocycles. The highest BCUT2D eigenvalue weighted by Gasteiger charge is 2.67. The van der Waals surface area contributed by atoms with Crippen molar-refractivity contribution in [2.75, 3.05) is 7.05 Å². The molecular weight excluding hydrogens is 511 g/mol. The fourth-order valence-electron chi connectivity index (χ4n) is 6.92. The molecule has 3 amide bonds. The molecule has 8 nitrogen and oxygen atoms in total. The Kier molecular flexibility index (Phi) is 6.13. The van der Waals surface area contributed by atoms with Gasteiger partial charge in [-0.1, -0.05) is 18.2 Å². The van der Waals surface area contributed by atoms with E-state index in [0.29, 0.717) is 35.1 Å². The minimum absolute atomic E-state index is 0.00283. The Hall–Kier alpha value is -3.93. The number of hydrogen-bond acceptors (Lipinski definition) is 5. The molecule has 3 fully saturated rings. The van der Waals surface area contributed by atoms with Crippen LogP contribution in [0.1, 0.15) is 55.1 Å². The lowest BCUT2D eigenvalue weighted by atomic mass is 9.95. The molecule has 1 saturated heterocycles. The number of amides is 3. The van der Waals surface area contributed by atoms with E-state index < -0.39 is 29.6 Å². The molecule has 2 aliphatic heterocycles. The van der Waals surface area contributed by atoms with E-state index in [4.69, 9.17) is 4.74 Å². The SMILES string of the molecule is CN1Cc2cc(-c3ccc(CC(C#N)NC(=O)[C@@H]4[C@@H]5C[C@@H]([C@H]6C[C@@H]56)N4C(=O)OC(C)(C)C)c(F)c3)ccc2C1=O. The highest BCUT2D eigenvalue weighted by molar-refractivity contribution is 5.98. The largest absolute Gasteiger partial charge is 0.444 e. The summed E-state index contributed by atoms with van der Waals surface area (Å²) in [4.78, 5) is 41.9. The number of nitriles is 1. The maximum Gasteiger partial charge on any atom is 0.411 e. The summed E-state index contributed by atoms with van der Waals surface area (Å²) < 4.78 is 20.8. The Morgan fingerprint density at radius 2 is 1.85 bits per heavy atom. The van der Waals surface area contributed by atoms with Crippen molar-refractivity contribution in [2.45, 2.75) is 70.3 Å². The number of nitrogens with zero attached hydrogens (tertiary/aromatic N) is 3. The molecule has 0 radical (unpaired) electrons. The van der Waals surface area contributed by atoms with Crippen molar-refractivity contribution in [3.63, 3.8) is 0 Å². The number of hydrogen-bond donors (Lipinski definition) is 1. The minimum Gasteiger partial charge on any atom is -0.444 e. The Balaban J connectivity index is 1.15. The Labute approximate surface area is 233 Å². The first-order chi connectivity index (χ1) is 18.9. The van der Waals surface area contributed by atoms with Crippen molar-refractivity contribution in [3.05, 3.63) is 58.9 Å². The molecule has 40 heavy (non-hydrogen) atoms. The summed E-state index contributed by atoms with van der Waals surface area (Å²) in [6, 6.07) is 10.7. The fraction of sp³-hybridized carbons (Fsp3) is 0.484. The standard InChI is InChI=1S/C31H33FN4O4/c1-31(2,3)40-30(39)36-26-13-24(22-12-23(22)26)27(36)28(37)34-20(14-33)10-18-6-5-17(11-25(18)32)16-7-8-21-19(9-16)15-35(4)29(21)38/h5-9,11,20,22-24,26-27H,10,12-13,15H2,1-4H3,(H,34,37)/t20?,22-,23+,24-,26+,27+/m1/s1. The van der Waals surface area contributed by atoms with Gasteiger partial charge in [-0.05, 0) is 91.8 Å². The van der Waals surface area contributed by atoms with Crippen molar-refractivity contribution in [1.82, 2.24) is 15.1 Å². The lowest BCUT2D eigenvalue weighted by Crippen LogP contribution is -2.56. The van der Waals surface area contributed by atoms with Crippen LogP contribution in [0.5, 0.6) is 0 Å². The Morgan fingerprint density at radius 1 is 1.12 bits per heavy atom. The van der Waals surface area contributed by atoms with Crippen LogP contribution in [0.3, 0.4) is 0 Å². The third-order valence-corrected chi connectivity index (χ3v) is 8.76. The van der Waals surface area contributed by atoms with Gasteiger partial charge in [-0.2, -0.15) is 5.26 Å². The average Bonchev–Trinajstić information content (AvgIpc) is 3.39. The van der Waals surface area contributed by atoms with Crippen LogP contribution in [-0.4, -0.2) is 58.5 Å². The molecule has 208 valence electrons. The molecule has 2 aliphatic carbocycles. The Morgan fingerprint density at radius 3 is 2.55 bits per heavy atom. The zero-order valence-electron chi connectivity index (χ0n) is 23.1. The molecule has 1 unspecified atom stereocenters. The van der Waals surface area contributed by atoms with Crippen LogP contribution in [0.2, 0.25) is 0 Å². The van der Waals surface area contributed by atoms with Crippen molar-refractivity contribution in [3.8, 4) is 17.2 Å². The van der Waals surface area contributed by atoms with Gasteiger partial charge in [0, 0.05) is 31.6 Å². The molecule has 2 bridgehead atoms. The van der Waals surface area contributed by atoms with E-state index in [1.807, 2.05) is 6.07 Å². The molecule has 2 saturated carbocycles. The van der Waals surface area contributed by atoms with Crippen LogP contribution < -0.4 is 5.32 Å². The first kappa shape index (κ1) is 26.3. The van der Waals surface area contributed by atoms with Crippen LogP contribution in [0.15, 0.2) is 36.4 Å². The second-order valence-corrected chi connectivity index (χ2v) is 12.6. The first-order valence-corrected chi connectivity index (χ1v) is 13.8. The molecule has 2 aromatic rings. The summed E-state index contributed by atoms with van der Waals surface area (Å²) in [7, 11) is 1.75. The van der Waals surface area contributed by atoms with E-state index in [1.165, 1.54) is 6.07 Å². The van der Waals surface area contributed by atoms with E-state index in [9.17, 15) is 19.6 Å². The van der Waals surface area contributed by atoms with E-state index in [0.717, 1.165) is 24.0 Å². The molecule has 6 rings (SSSR count). The predicted molar refractivity (Wildman–Crippen MR) is 144 cm³/mol. The van der Waals surface area contributed by atoms with Gasteiger partial charge in [0.15, 0.2) is 0 Å². The number of piperidine rings is 1. The minimum atomic E-state index is -0.955. The second-order valence-electron chi connectivity index (χ2n) is 12.6. The van der Waals surface area contributed by atoms with E-state index in [2.05, 4.69) is 11.4 Å². The van der Waals surface area contributed by atoms with Gasteiger partial charge < -0.3 is 15.0 Å². The van der Waals surface area contributed by atoms with E-state index >= 15 is 4.39 Å². The van der Waals surface area contributed by atoms with E-state index in [1.54, 1.807) is 61.9 Å². The van der Waals surface area contributed by atoms with Gasteiger partial charge in [-0.3, -0.25) is 14.5 Å². The lowest BCUT2D eigenvalue weighted by molar-refractivity contribution is -0.128. The summed E-state index contributed by atoms with van der Waals surface area (Å²) in [5.41, 5.74) is 2.65. The summed E-state index contributed by atoms with van der Waals surface area (Å²) in [5.74, 6) is 0.0297. The third kappa shape index (κ3) is 4.49. The molecule has 0 spiro atoms. The molecule has 0 aromatic heterocycles. The lowest BCUT2D eigenvalue weighted by Gasteiger charge is -2.35. The summed E-state index contributed by atoms with van der Waals surface area (Å²) in [6.07, 6.45) is 1.28. The molecule has 9 heteroatoms. The molecule has 2 heterocycles. The van der Waals surface area contributed by atoms with Crippen molar-refractivity contribution < 1.29 is 23.5 Å². The zero-order valence-corrected chi connectivity index (χ0v) is 23.1. The third-order valence-electron chi connectivity index (χ3n) is 8.76. The number of ether oxygens (including phenoxy) is 1. The van der Waals surface area contributed by atoms with Gasteiger partial charge in [0.1, 0.15) is 23.5 Å². The molecule has 4 aliphatic rings. The van der Waals surface area contributed by atoms with E-state index in [-0.39, 0.29) is 30.2 Å². The number of halogens is 1. The second kappa shape index (κ2) is 9.33. The zero-order chi connectivity index (χ0) is 28.5. The fourth-order valence-corrected chi connectivity index (χ4v) is 6.92. The highest BCUT2D eigenvalue weighted by atomic mass is 19.1. The van der Waals surface area contributed by atoms with Gasteiger partial charge in [0.25, 0.3) is 5.91 Å². The summed E-state index contributed by atoms with van der Waals surface area (Å²) in [5, 5.41) is 12.6. The summed E-state index contributed by atoms with van der Waals surface area (Å²) in [6.45, 7) is 5.90. The number of rotatable bonds is 5. The highest BCUT2D eigenvalue weighted by Crippen LogP contribution is 2.63. The number of carbonyl (C=O) groups excluding carboxylic acids is 3. The van der Waals surface area contributed by atoms with Gasteiger partial charge in [0.2, 0.25) is 5.91 Å². The van der Waals surface area contributed by atoms with Gasteiger partial charge in [-0.25, -0.2) is 9.18 Å². The summed E-state index contributed by atoms with van der Waals surface area (Å²) >= 11 is 0. The number of carbonyl (C=O) groups is 3. The van der Waals surface area contributed by atoms with Crippen molar-refractivity contribution >= 4 is 17.9 Å². The smallest absolute Gasteiger partial charge is 0.411 e. The molecule has 1 N–H and O–H groups in total. The number of nitrogens with one attached hydrogen (secondary N) is 1. The van der Waals surface area contributed by atoms with Crippen LogP contribution in [-0.2, 0) is 22.5 Å². The van der Waals surface area contributed by atoms with Crippen LogP contribution in [0.4, 0.5) is 9.18 Å². The molecule has 6 atom stereocenters. The van der Waals surface area contributed by atoms with Crippen LogP contribution in [0, 0.1) is 34.9 Å². The maximum absolute atomic E-state index is 15.2. The number of likely N-dealkylation sites (tertiary alicyclic amines) is 1. The quantitative estimate of drug-likeness (QED) is 0.606. The van der Waals surface area contributed by atoms with Gasteiger partial charge in [-0.15, -0.1) is 0 Å². The van der Waals surface area contributed by atoms with Gasteiger partial charge in [0.05, 0.1) is 6.07 Å². The first-order valence-electron chi connectivity index (χ1n) is 13.8. The predicted octanol–water partition coefficient (Wildman–Crippen LogP) is 4.27.